The number of hydrogen-bond donors (Lipinski definition) is 0. The lowest BCUT2D eigenvalue weighted by atomic mass is 10.1. The van der Waals surface area contributed by atoms with Crippen molar-refractivity contribution >= 4 is 27.5 Å². The fraction of sp³-hybridized carbons (Fsp3) is 0. The lowest BCUT2D eigenvalue weighted by Crippen LogP contribution is -1.99. The van der Waals surface area contributed by atoms with Crippen LogP contribution in [0, 0.1) is 29.2 Å². The highest BCUT2D eigenvalue weighted by atomic mass is 15.0. The van der Waals surface area contributed by atoms with E-state index in [0.29, 0.717) is 28.2 Å². The number of nitrogens with zero attached hydrogens (tertiary/aromatic N) is 6. The minimum absolute atomic E-state index is 0.380. The van der Waals surface area contributed by atoms with Gasteiger partial charge in [0.15, 0.2) is 11.5 Å². The number of fused-ring (bicyclic) bond motifs is 3. The first-order chi connectivity index (χ1) is 15.2. The predicted octanol–water partition coefficient (Wildman–Crippen LogP) is 5.53. The van der Waals surface area contributed by atoms with E-state index in [-0.39, 0.29) is 0 Å². The molecular weight excluding hydrogens is 384 g/mol. The molecule has 5 aromatic rings. The van der Waals surface area contributed by atoms with E-state index in [4.69, 9.17) is 11.8 Å². The lowest BCUT2D eigenvalue weighted by Gasteiger charge is -2.11. The molecule has 2 heterocycles. The van der Waals surface area contributed by atoms with Crippen LogP contribution in [0.15, 0.2) is 73.1 Å². The summed E-state index contributed by atoms with van der Waals surface area (Å²) in [7, 11) is 0. The first kappa shape index (κ1) is 18.1. The summed E-state index contributed by atoms with van der Waals surface area (Å²) in [5, 5.41) is 20.8. The molecule has 6 nitrogen and oxygen atoms in total. The molecule has 0 fully saturated rings. The van der Waals surface area contributed by atoms with Gasteiger partial charge in [-0.05, 0) is 41.8 Å². The normalized spacial score (nSPS) is 10.5. The maximum absolute atomic E-state index is 9.91. The molecular formula is C25H12N6. The van der Waals surface area contributed by atoms with E-state index in [1.165, 1.54) is 12.4 Å². The maximum atomic E-state index is 9.91. The molecule has 0 saturated carbocycles. The molecule has 0 aliphatic heterocycles. The summed E-state index contributed by atoms with van der Waals surface area (Å²) in [5.41, 5.74) is 4.74. The first-order valence-corrected chi connectivity index (χ1v) is 9.41. The average molecular weight is 396 g/mol. The van der Waals surface area contributed by atoms with Crippen LogP contribution in [0.1, 0.15) is 11.1 Å². The summed E-state index contributed by atoms with van der Waals surface area (Å²) in [4.78, 5) is 12.0. The zero-order chi connectivity index (χ0) is 21.4. The Morgan fingerprint density at radius 2 is 1.61 bits per heavy atom. The molecule has 0 amide bonds. The van der Waals surface area contributed by atoms with Crippen LogP contribution >= 0.6 is 0 Å². The van der Waals surface area contributed by atoms with Crippen LogP contribution in [-0.2, 0) is 0 Å². The van der Waals surface area contributed by atoms with Crippen molar-refractivity contribution in [2.75, 3.05) is 0 Å². The molecule has 6 heteroatoms. The van der Waals surface area contributed by atoms with Crippen LogP contribution in [-0.4, -0.2) is 14.5 Å². The van der Waals surface area contributed by atoms with Gasteiger partial charge in [0.2, 0.25) is 0 Å². The molecule has 31 heavy (non-hydrogen) atoms. The van der Waals surface area contributed by atoms with E-state index >= 15 is 0 Å². The van der Waals surface area contributed by atoms with Gasteiger partial charge in [-0.3, -0.25) is 0 Å². The van der Waals surface area contributed by atoms with Gasteiger partial charge in [-0.15, -0.1) is 0 Å². The van der Waals surface area contributed by atoms with Gasteiger partial charge < -0.3 is 4.57 Å². The topological polar surface area (TPSA) is 82.7 Å². The van der Waals surface area contributed by atoms with Crippen LogP contribution in [0.2, 0.25) is 0 Å². The second kappa shape index (κ2) is 7.12. The summed E-state index contributed by atoms with van der Waals surface area (Å²) in [6, 6.07) is 23.3. The summed E-state index contributed by atoms with van der Waals surface area (Å²) in [6.07, 6.45) is 2.92. The molecule has 3 aromatic carbocycles. The van der Waals surface area contributed by atoms with Crippen molar-refractivity contribution < 1.29 is 0 Å². The van der Waals surface area contributed by atoms with Gasteiger partial charge >= 0.3 is 0 Å². The second-order valence-corrected chi connectivity index (χ2v) is 6.92. The average Bonchev–Trinajstić information content (AvgIpc) is 3.17. The lowest BCUT2D eigenvalue weighted by molar-refractivity contribution is 1.14. The third-order valence-corrected chi connectivity index (χ3v) is 5.18. The first-order valence-electron chi connectivity index (χ1n) is 9.41. The minimum Gasteiger partial charge on any atom is -0.308 e. The van der Waals surface area contributed by atoms with Gasteiger partial charge in [-0.1, -0.05) is 24.3 Å². The third kappa shape index (κ3) is 2.86. The molecule has 0 atom stereocenters. The summed E-state index contributed by atoms with van der Waals surface area (Å²) in [6.45, 7) is 7.34. The SMILES string of the molecule is [C-]#[N+]c1ccc2c(c1)c1ccccc1n2-c1ccc(-c2ncc(C#N)cn2)cc1C#N. The second-order valence-electron chi connectivity index (χ2n) is 6.92. The van der Waals surface area contributed by atoms with Crippen molar-refractivity contribution in [3.05, 3.63) is 95.6 Å². The number of nitriles is 2. The number of benzene rings is 3. The van der Waals surface area contributed by atoms with Crippen LogP contribution in [0.4, 0.5) is 5.69 Å². The predicted molar refractivity (Wildman–Crippen MR) is 117 cm³/mol. The third-order valence-electron chi connectivity index (χ3n) is 5.18. The molecule has 142 valence electrons. The molecule has 0 saturated heterocycles. The monoisotopic (exact) mass is 396 g/mol. The van der Waals surface area contributed by atoms with Gasteiger partial charge in [-0.2, -0.15) is 10.5 Å². The minimum atomic E-state index is 0.380. The Morgan fingerprint density at radius 1 is 0.839 bits per heavy atom. The Labute approximate surface area is 177 Å². The molecule has 0 spiro atoms. The van der Waals surface area contributed by atoms with Crippen molar-refractivity contribution in [1.82, 2.24) is 14.5 Å². The molecule has 0 unspecified atom stereocenters. The van der Waals surface area contributed by atoms with Crippen molar-refractivity contribution in [3.8, 4) is 29.2 Å². The quantitative estimate of drug-likeness (QED) is 0.367. The number of para-hydroxylation sites is 1. The summed E-state index contributed by atoms with van der Waals surface area (Å²) in [5.74, 6) is 0.450. The van der Waals surface area contributed by atoms with Crippen LogP contribution in [0.5, 0.6) is 0 Å². The highest BCUT2D eigenvalue weighted by molar-refractivity contribution is 6.10. The number of hydrogen-bond acceptors (Lipinski definition) is 4. The van der Waals surface area contributed by atoms with E-state index in [1.807, 2.05) is 59.2 Å². The van der Waals surface area contributed by atoms with Gasteiger partial charge in [0.1, 0.15) is 12.1 Å². The highest BCUT2D eigenvalue weighted by Gasteiger charge is 2.16. The van der Waals surface area contributed by atoms with E-state index in [1.54, 1.807) is 12.1 Å². The Bertz CT molecular complexity index is 1610. The Hall–Kier alpha value is -4.99. The standard InChI is InChI=1S/C25H12N6/c1-28-19-7-9-24-21(11-19)20-4-2-3-5-23(20)31(24)22-8-6-17(10-18(22)13-27)25-29-14-16(12-26)15-30-25/h2-11,14-15H. The molecule has 0 aliphatic carbocycles. The zero-order valence-electron chi connectivity index (χ0n) is 16.1. The number of rotatable bonds is 2. The van der Waals surface area contributed by atoms with E-state index in [2.05, 4.69) is 20.9 Å². The van der Waals surface area contributed by atoms with Crippen molar-refractivity contribution in [1.29, 1.82) is 10.5 Å². The smallest absolute Gasteiger partial charge is 0.188 e. The fourth-order valence-electron chi connectivity index (χ4n) is 3.78. The van der Waals surface area contributed by atoms with Gasteiger partial charge in [0.05, 0.1) is 34.4 Å². The molecule has 5 rings (SSSR count). The van der Waals surface area contributed by atoms with Crippen LogP contribution in [0.25, 0.3) is 43.7 Å². The fourth-order valence-corrected chi connectivity index (χ4v) is 3.78. The Balaban J connectivity index is 1.76. The van der Waals surface area contributed by atoms with E-state index < -0.39 is 0 Å². The van der Waals surface area contributed by atoms with Crippen molar-refractivity contribution in [2.45, 2.75) is 0 Å². The molecule has 0 radical (unpaired) electrons. The van der Waals surface area contributed by atoms with Gasteiger partial charge in [0.25, 0.3) is 0 Å². The molecule has 0 N–H and O–H groups in total. The molecule has 0 aliphatic rings. The summed E-state index contributed by atoms with van der Waals surface area (Å²) < 4.78 is 2.04. The van der Waals surface area contributed by atoms with Crippen molar-refractivity contribution in [2.24, 2.45) is 0 Å². The van der Waals surface area contributed by atoms with Crippen LogP contribution < -0.4 is 0 Å². The molecule has 0 bridgehead atoms. The number of aromatic nitrogens is 3. The highest BCUT2D eigenvalue weighted by Crippen LogP contribution is 2.35. The van der Waals surface area contributed by atoms with E-state index in [0.717, 1.165) is 27.5 Å². The Kier molecular flexibility index (Phi) is 4.15. The van der Waals surface area contributed by atoms with Crippen molar-refractivity contribution in [3.63, 3.8) is 0 Å². The van der Waals surface area contributed by atoms with Gasteiger partial charge in [-0.25, -0.2) is 14.8 Å². The van der Waals surface area contributed by atoms with Crippen LogP contribution in [0.3, 0.4) is 0 Å². The maximum Gasteiger partial charge on any atom is 0.188 e. The van der Waals surface area contributed by atoms with Gasteiger partial charge in [0, 0.05) is 23.3 Å². The molecule has 2 aromatic heterocycles. The van der Waals surface area contributed by atoms with E-state index in [9.17, 15) is 5.26 Å². The zero-order valence-corrected chi connectivity index (χ0v) is 16.1. The Morgan fingerprint density at radius 3 is 2.35 bits per heavy atom. The summed E-state index contributed by atoms with van der Waals surface area (Å²) >= 11 is 0. The largest absolute Gasteiger partial charge is 0.308 e.